The maximum Gasteiger partial charge on any atom is 0.128 e. The van der Waals surface area contributed by atoms with Crippen LogP contribution < -0.4 is 4.74 Å². The van der Waals surface area contributed by atoms with Crippen LogP contribution in [0.4, 0.5) is 0 Å². The third-order valence-corrected chi connectivity index (χ3v) is 3.35. The Morgan fingerprint density at radius 1 is 1.11 bits per heavy atom. The van der Waals surface area contributed by atoms with Crippen LogP contribution >= 0.6 is 22.6 Å². The van der Waals surface area contributed by atoms with E-state index >= 15 is 0 Å². The molecule has 0 heterocycles. The molecule has 0 amide bonds. The predicted octanol–water partition coefficient (Wildman–Crippen LogP) is 4.53. The fourth-order valence-corrected chi connectivity index (χ4v) is 2.17. The number of hydrogen-bond acceptors (Lipinski definition) is 2. The van der Waals surface area contributed by atoms with Gasteiger partial charge in [0.25, 0.3) is 0 Å². The molecule has 1 N–H and O–H groups in total. The molecule has 1 atom stereocenters. The molecule has 0 saturated heterocycles. The van der Waals surface area contributed by atoms with Crippen molar-refractivity contribution in [3.05, 3.63) is 57.7 Å². The number of rotatable bonds is 4. The molecule has 2 aromatic carbocycles. The minimum absolute atomic E-state index is 0.392. The van der Waals surface area contributed by atoms with Gasteiger partial charge < -0.3 is 9.84 Å². The molecular weight excluding hydrogens is 339 g/mol. The van der Waals surface area contributed by atoms with Crippen LogP contribution in [0.3, 0.4) is 0 Å². The second kappa shape index (κ2) is 6.20. The van der Waals surface area contributed by atoms with Crippen LogP contribution in [0, 0.1) is 3.57 Å². The highest BCUT2D eigenvalue weighted by atomic mass is 127. The van der Waals surface area contributed by atoms with Gasteiger partial charge in [-0.1, -0.05) is 25.1 Å². The van der Waals surface area contributed by atoms with E-state index in [1.807, 2.05) is 55.5 Å². The number of benzene rings is 2. The lowest BCUT2D eigenvalue weighted by Gasteiger charge is -2.10. The smallest absolute Gasteiger partial charge is 0.128 e. The Morgan fingerprint density at radius 2 is 1.83 bits per heavy atom. The standard InChI is InChI=1S/C15H15IO2/c1-2-15(17)11-6-8-13(9-7-11)18-14-5-3-4-12(16)10-14/h3-10,15,17H,2H2,1H3/t15-/m1/s1. The quantitative estimate of drug-likeness (QED) is 0.818. The Hall–Kier alpha value is -1.07. The van der Waals surface area contributed by atoms with E-state index in [1.165, 1.54) is 0 Å². The molecule has 0 radical (unpaired) electrons. The minimum atomic E-state index is -0.392. The Bertz CT molecular complexity index is 508. The summed E-state index contributed by atoms with van der Waals surface area (Å²) in [5, 5.41) is 9.70. The molecule has 2 rings (SSSR count). The van der Waals surface area contributed by atoms with E-state index in [-0.39, 0.29) is 0 Å². The summed E-state index contributed by atoms with van der Waals surface area (Å²) in [4.78, 5) is 0. The van der Waals surface area contributed by atoms with Crippen molar-refractivity contribution in [2.75, 3.05) is 0 Å². The molecule has 2 nitrogen and oxygen atoms in total. The first-order valence-electron chi connectivity index (χ1n) is 5.90. The van der Waals surface area contributed by atoms with Gasteiger partial charge in [0.2, 0.25) is 0 Å². The van der Waals surface area contributed by atoms with Gasteiger partial charge in [0.1, 0.15) is 11.5 Å². The first kappa shape index (κ1) is 13.4. The Labute approximate surface area is 121 Å². The fourth-order valence-electron chi connectivity index (χ4n) is 1.66. The van der Waals surface area contributed by atoms with E-state index in [2.05, 4.69) is 22.6 Å². The predicted molar refractivity (Wildman–Crippen MR) is 80.9 cm³/mol. The average Bonchev–Trinajstić information content (AvgIpc) is 2.39. The molecule has 2 aromatic rings. The first-order valence-corrected chi connectivity index (χ1v) is 6.98. The van der Waals surface area contributed by atoms with Crippen LogP contribution in [0.15, 0.2) is 48.5 Å². The average molecular weight is 354 g/mol. The topological polar surface area (TPSA) is 29.5 Å². The van der Waals surface area contributed by atoms with Gasteiger partial charge in [-0.3, -0.25) is 0 Å². The van der Waals surface area contributed by atoms with E-state index in [0.29, 0.717) is 0 Å². The molecule has 0 spiro atoms. The highest BCUT2D eigenvalue weighted by Crippen LogP contribution is 2.25. The molecule has 0 bridgehead atoms. The molecule has 94 valence electrons. The number of hydrogen-bond donors (Lipinski definition) is 1. The molecule has 0 unspecified atom stereocenters. The van der Waals surface area contributed by atoms with E-state index < -0.39 is 6.10 Å². The van der Waals surface area contributed by atoms with E-state index in [4.69, 9.17) is 4.74 Å². The largest absolute Gasteiger partial charge is 0.457 e. The lowest BCUT2D eigenvalue weighted by molar-refractivity contribution is 0.173. The number of aliphatic hydroxyl groups is 1. The summed E-state index contributed by atoms with van der Waals surface area (Å²) in [6.07, 6.45) is 0.327. The second-order valence-corrected chi connectivity index (χ2v) is 5.30. The molecule has 0 fully saturated rings. The van der Waals surface area contributed by atoms with Crippen LogP contribution in [0.25, 0.3) is 0 Å². The summed E-state index contributed by atoms with van der Waals surface area (Å²) in [7, 11) is 0. The van der Waals surface area contributed by atoms with Crippen molar-refractivity contribution in [3.8, 4) is 11.5 Å². The maximum atomic E-state index is 9.70. The highest BCUT2D eigenvalue weighted by molar-refractivity contribution is 14.1. The van der Waals surface area contributed by atoms with Gasteiger partial charge in [-0.15, -0.1) is 0 Å². The van der Waals surface area contributed by atoms with Crippen LogP contribution in [-0.2, 0) is 0 Å². The van der Waals surface area contributed by atoms with Gasteiger partial charge in [-0.2, -0.15) is 0 Å². The molecule has 0 aliphatic heterocycles. The zero-order valence-electron chi connectivity index (χ0n) is 10.1. The van der Waals surface area contributed by atoms with Crippen LogP contribution in [0.5, 0.6) is 11.5 Å². The van der Waals surface area contributed by atoms with E-state index in [9.17, 15) is 5.11 Å². The lowest BCUT2D eigenvalue weighted by atomic mass is 10.1. The number of ether oxygens (including phenoxy) is 1. The summed E-state index contributed by atoms with van der Waals surface area (Å²) < 4.78 is 6.88. The summed E-state index contributed by atoms with van der Waals surface area (Å²) >= 11 is 2.25. The van der Waals surface area contributed by atoms with Crippen molar-refractivity contribution in [3.63, 3.8) is 0 Å². The maximum absolute atomic E-state index is 9.70. The van der Waals surface area contributed by atoms with Gasteiger partial charge in [-0.25, -0.2) is 0 Å². The molecular formula is C15H15IO2. The summed E-state index contributed by atoms with van der Waals surface area (Å²) in [5.41, 5.74) is 0.924. The highest BCUT2D eigenvalue weighted by Gasteiger charge is 2.04. The second-order valence-electron chi connectivity index (χ2n) is 4.05. The third kappa shape index (κ3) is 3.46. The fraction of sp³-hybridized carbons (Fsp3) is 0.200. The molecule has 3 heteroatoms. The van der Waals surface area contributed by atoms with Crippen LogP contribution in [0.1, 0.15) is 25.0 Å². The zero-order chi connectivity index (χ0) is 13.0. The number of halogens is 1. The summed E-state index contributed by atoms with van der Waals surface area (Å²) in [6.45, 7) is 1.96. The first-order chi connectivity index (χ1) is 8.69. The Balaban J connectivity index is 2.11. The normalized spacial score (nSPS) is 12.2. The molecule has 18 heavy (non-hydrogen) atoms. The Kier molecular flexibility index (Phi) is 4.60. The Morgan fingerprint density at radius 3 is 2.44 bits per heavy atom. The molecule has 0 aliphatic carbocycles. The minimum Gasteiger partial charge on any atom is -0.457 e. The van der Waals surface area contributed by atoms with Crippen LogP contribution in [0.2, 0.25) is 0 Å². The van der Waals surface area contributed by atoms with Gasteiger partial charge in [0.05, 0.1) is 6.10 Å². The van der Waals surface area contributed by atoms with Crippen LogP contribution in [-0.4, -0.2) is 5.11 Å². The van der Waals surface area contributed by atoms with E-state index in [1.54, 1.807) is 0 Å². The molecule has 0 saturated carbocycles. The van der Waals surface area contributed by atoms with Gasteiger partial charge in [0, 0.05) is 3.57 Å². The summed E-state index contributed by atoms with van der Waals surface area (Å²) in [6, 6.07) is 15.5. The zero-order valence-corrected chi connectivity index (χ0v) is 12.3. The van der Waals surface area contributed by atoms with Crippen molar-refractivity contribution in [2.24, 2.45) is 0 Å². The van der Waals surface area contributed by atoms with Crippen molar-refractivity contribution >= 4 is 22.6 Å². The van der Waals surface area contributed by atoms with E-state index in [0.717, 1.165) is 27.1 Å². The number of aliphatic hydroxyl groups excluding tert-OH is 1. The summed E-state index contributed by atoms with van der Waals surface area (Å²) in [5.74, 6) is 1.61. The van der Waals surface area contributed by atoms with Crippen molar-refractivity contribution in [1.29, 1.82) is 0 Å². The van der Waals surface area contributed by atoms with Gasteiger partial charge >= 0.3 is 0 Å². The third-order valence-electron chi connectivity index (χ3n) is 2.68. The van der Waals surface area contributed by atoms with Gasteiger partial charge in [0.15, 0.2) is 0 Å². The van der Waals surface area contributed by atoms with Crippen molar-refractivity contribution < 1.29 is 9.84 Å². The molecule has 0 aromatic heterocycles. The monoisotopic (exact) mass is 354 g/mol. The van der Waals surface area contributed by atoms with Crippen molar-refractivity contribution in [1.82, 2.24) is 0 Å². The molecule has 0 aliphatic rings. The van der Waals surface area contributed by atoms with Crippen molar-refractivity contribution in [2.45, 2.75) is 19.4 Å². The lowest BCUT2D eigenvalue weighted by Crippen LogP contribution is -1.94. The SMILES string of the molecule is CC[C@@H](O)c1ccc(Oc2cccc(I)c2)cc1. The van der Waals surface area contributed by atoms with Gasteiger partial charge in [-0.05, 0) is 64.9 Å².